The number of aliphatic imine (C=N–C) groups is 1. The fourth-order valence-electron chi connectivity index (χ4n) is 2.76. The maximum Gasteiger partial charge on any atom is 0.191 e. The number of benzene rings is 1. The van der Waals surface area contributed by atoms with Crippen molar-refractivity contribution in [2.75, 3.05) is 13.1 Å². The molecule has 2 atom stereocenters. The Morgan fingerprint density at radius 3 is 2.91 bits per heavy atom. The Morgan fingerprint density at radius 1 is 1.41 bits per heavy atom. The minimum Gasteiger partial charge on any atom is -0.357 e. The van der Waals surface area contributed by atoms with Crippen LogP contribution in [0.4, 0.5) is 0 Å². The second kappa shape index (κ2) is 6.38. The number of para-hydroxylation sites is 2. The van der Waals surface area contributed by atoms with Crippen molar-refractivity contribution in [2.45, 2.75) is 39.8 Å². The number of imidazole rings is 1. The third-order valence-electron chi connectivity index (χ3n) is 4.21. The van der Waals surface area contributed by atoms with Gasteiger partial charge in [-0.3, -0.25) is 4.99 Å². The van der Waals surface area contributed by atoms with Gasteiger partial charge in [0.05, 0.1) is 17.6 Å². The first-order chi connectivity index (χ1) is 10.7. The summed E-state index contributed by atoms with van der Waals surface area (Å²) in [4.78, 5) is 9.30. The van der Waals surface area contributed by atoms with Gasteiger partial charge in [-0.15, -0.1) is 0 Å². The highest BCUT2D eigenvalue weighted by Crippen LogP contribution is 2.28. The molecule has 1 aromatic carbocycles. The predicted molar refractivity (Wildman–Crippen MR) is 91.2 cm³/mol. The molecule has 0 saturated heterocycles. The van der Waals surface area contributed by atoms with Crippen molar-refractivity contribution >= 4 is 17.0 Å². The molecule has 3 rings (SSSR count). The van der Waals surface area contributed by atoms with Crippen molar-refractivity contribution in [3.8, 4) is 0 Å². The molecule has 1 aliphatic carbocycles. The van der Waals surface area contributed by atoms with E-state index in [1.165, 1.54) is 11.9 Å². The number of fused-ring (bicyclic) bond motifs is 1. The van der Waals surface area contributed by atoms with Crippen LogP contribution in [0.25, 0.3) is 11.0 Å². The van der Waals surface area contributed by atoms with Crippen LogP contribution < -0.4 is 10.6 Å². The van der Waals surface area contributed by atoms with E-state index in [-0.39, 0.29) is 0 Å². The minimum atomic E-state index is 0.591. The predicted octanol–water partition coefficient (Wildman–Crippen LogP) is 2.31. The van der Waals surface area contributed by atoms with E-state index >= 15 is 0 Å². The van der Waals surface area contributed by atoms with E-state index in [0.29, 0.717) is 6.04 Å². The van der Waals surface area contributed by atoms with Crippen LogP contribution >= 0.6 is 0 Å². The maximum absolute atomic E-state index is 4.70. The Labute approximate surface area is 131 Å². The van der Waals surface area contributed by atoms with Gasteiger partial charge in [-0.25, -0.2) is 4.98 Å². The van der Waals surface area contributed by atoms with Crippen LogP contribution in [-0.4, -0.2) is 34.6 Å². The molecule has 1 fully saturated rings. The standard InChI is InChI=1S/C17H25N5/c1-4-18-17(21-15-11-12(15)2)19-9-10-22-13(3)20-14-7-5-6-8-16(14)22/h5-8,12,15H,4,9-11H2,1-3H3,(H2,18,19,21). The van der Waals surface area contributed by atoms with Crippen molar-refractivity contribution in [1.82, 2.24) is 20.2 Å². The fourth-order valence-corrected chi connectivity index (χ4v) is 2.76. The summed E-state index contributed by atoms with van der Waals surface area (Å²) in [6.45, 7) is 8.91. The summed E-state index contributed by atoms with van der Waals surface area (Å²) >= 11 is 0. The van der Waals surface area contributed by atoms with Gasteiger partial charge < -0.3 is 15.2 Å². The molecule has 2 unspecified atom stereocenters. The summed E-state index contributed by atoms with van der Waals surface area (Å²) in [6, 6.07) is 8.86. The van der Waals surface area contributed by atoms with E-state index < -0.39 is 0 Å². The number of nitrogens with one attached hydrogen (secondary N) is 2. The Balaban J connectivity index is 1.66. The molecular formula is C17H25N5. The summed E-state index contributed by atoms with van der Waals surface area (Å²) in [7, 11) is 0. The highest BCUT2D eigenvalue weighted by Gasteiger charge is 2.33. The van der Waals surface area contributed by atoms with Crippen molar-refractivity contribution in [1.29, 1.82) is 0 Å². The topological polar surface area (TPSA) is 54.2 Å². The van der Waals surface area contributed by atoms with Crippen molar-refractivity contribution in [3.05, 3.63) is 30.1 Å². The molecule has 0 spiro atoms. The number of guanidine groups is 1. The highest BCUT2D eigenvalue weighted by atomic mass is 15.2. The number of hydrogen-bond donors (Lipinski definition) is 2. The van der Waals surface area contributed by atoms with Gasteiger partial charge in [0.25, 0.3) is 0 Å². The second-order valence-electron chi connectivity index (χ2n) is 6.02. The van der Waals surface area contributed by atoms with Gasteiger partial charge in [0, 0.05) is 19.1 Å². The third-order valence-corrected chi connectivity index (χ3v) is 4.21. The molecule has 0 bridgehead atoms. The van der Waals surface area contributed by atoms with E-state index in [2.05, 4.69) is 59.2 Å². The molecule has 1 heterocycles. The monoisotopic (exact) mass is 299 g/mol. The summed E-state index contributed by atoms with van der Waals surface area (Å²) in [6.07, 6.45) is 1.25. The van der Waals surface area contributed by atoms with E-state index in [1.54, 1.807) is 0 Å². The lowest BCUT2D eigenvalue weighted by atomic mass is 10.3. The Morgan fingerprint density at radius 2 is 2.18 bits per heavy atom. The molecular weight excluding hydrogens is 274 g/mol. The zero-order chi connectivity index (χ0) is 15.5. The van der Waals surface area contributed by atoms with Crippen LogP contribution in [-0.2, 0) is 6.54 Å². The van der Waals surface area contributed by atoms with Gasteiger partial charge in [-0.1, -0.05) is 19.1 Å². The number of aryl methyl sites for hydroxylation is 1. The first kappa shape index (κ1) is 14.9. The first-order valence-corrected chi connectivity index (χ1v) is 8.15. The zero-order valence-corrected chi connectivity index (χ0v) is 13.6. The van der Waals surface area contributed by atoms with Gasteiger partial charge in [0.2, 0.25) is 0 Å². The molecule has 1 saturated carbocycles. The third kappa shape index (κ3) is 3.24. The van der Waals surface area contributed by atoms with Crippen molar-refractivity contribution in [3.63, 3.8) is 0 Å². The van der Waals surface area contributed by atoms with Crippen LogP contribution in [0.5, 0.6) is 0 Å². The van der Waals surface area contributed by atoms with Crippen LogP contribution in [0.15, 0.2) is 29.3 Å². The molecule has 118 valence electrons. The Kier molecular flexibility index (Phi) is 4.32. The maximum atomic E-state index is 4.70. The van der Waals surface area contributed by atoms with Gasteiger partial charge in [-0.2, -0.15) is 0 Å². The largest absolute Gasteiger partial charge is 0.357 e. The van der Waals surface area contributed by atoms with Crippen molar-refractivity contribution in [2.24, 2.45) is 10.9 Å². The van der Waals surface area contributed by atoms with Gasteiger partial charge in [0.1, 0.15) is 5.82 Å². The minimum absolute atomic E-state index is 0.591. The molecule has 0 aliphatic heterocycles. The zero-order valence-electron chi connectivity index (χ0n) is 13.6. The number of nitrogens with zero attached hydrogens (tertiary/aromatic N) is 3. The van der Waals surface area contributed by atoms with Gasteiger partial charge in [-0.05, 0) is 38.3 Å². The molecule has 2 aromatic rings. The molecule has 5 heteroatoms. The van der Waals surface area contributed by atoms with Crippen molar-refractivity contribution < 1.29 is 0 Å². The van der Waals surface area contributed by atoms with E-state index in [1.807, 2.05) is 6.07 Å². The van der Waals surface area contributed by atoms with Crippen LogP contribution in [0.3, 0.4) is 0 Å². The van der Waals surface area contributed by atoms with E-state index in [4.69, 9.17) is 4.99 Å². The normalized spacial score (nSPS) is 21.1. The quantitative estimate of drug-likeness (QED) is 0.658. The van der Waals surface area contributed by atoms with E-state index in [0.717, 1.165) is 42.9 Å². The SMILES string of the molecule is CCNC(=NCCn1c(C)nc2ccccc21)NC1CC1C. The molecule has 5 nitrogen and oxygen atoms in total. The second-order valence-corrected chi connectivity index (χ2v) is 6.02. The highest BCUT2D eigenvalue weighted by molar-refractivity contribution is 5.80. The first-order valence-electron chi connectivity index (χ1n) is 8.15. The summed E-state index contributed by atoms with van der Waals surface area (Å²) < 4.78 is 2.24. The fraction of sp³-hybridized carbons (Fsp3) is 0.529. The van der Waals surface area contributed by atoms with Gasteiger partial charge in [0.15, 0.2) is 5.96 Å². The smallest absolute Gasteiger partial charge is 0.191 e. The summed E-state index contributed by atoms with van der Waals surface area (Å²) in [5.74, 6) is 2.74. The Bertz CT molecular complexity index is 673. The Hall–Kier alpha value is -2.04. The number of aromatic nitrogens is 2. The molecule has 22 heavy (non-hydrogen) atoms. The molecule has 1 aromatic heterocycles. The lowest BCUT2D eigenvalue weighted by Crippen LogP contribution is -2.39. The lowest BCUT2D eigenvalue weighted by Gasteiger charge is -2.11. The number of hydrogen-bond acceptors (Lipinski definition) is 2. The average Bonchev–Trinajstić information content (AvgIpc) is 3.09. The summed E-state index contributed by atoms with van der Waals surface area (Å²) in [5, 5.41) is 6.81. The molecule has 0 amide bonds. The number of rotatable bonds is 5. The van der Waals surface area contributed by atoms with E-state index in [9.17, 15) is 0 Å². The van der Waals surface area contributed by atoms with Crippen LogP contribution in [0.2, 0.25) is 0 Å². The van der Waals surface area contributed by atoms with Crippen LogP contribution in [0, 0.1) is 12.8 Å². The van der Waals surface area contributed by atoms with Crippen LogP contribution in [0.1, 0.15) is 26.1 Å². The molecule has 0 radical (unpaired) electrons. The molecule has 2 N–H and O–H groups in total. The molecule has 1 aliphatic rings. The van der Waals surface area contributed by atoms with Gasteiger partial charge >= 0.3 is 0 Å². The lowest BCUT2D eigenvalue weighted by molar-refractivity contribution is 0.692. The summed E-state index contributed by atoms with van der Waals surface area (Å²) in [5.41, 5.74) is 2.24. The average molecular weight is 299 g/mol.